The van der Waals surface area contributed by atoms with Gasteiger partial charge in [-0.25, -0.2) is 0 Å². The van der Waals surface area contributed by atoms with Gasteiger partial charge in [0.05, 0.1) is 11.8 Å². The number of amides is 1. The first-order valence-electron chi connectivity index (χ1n) is 6.90. The molecule has 2 aliphatic rings. The minimum atomic E-state index is -0.747. The fourth-order valence-corrected chi connectivity index (χ4v) is 4.25. The lowest BCUT2D eigenvalue weighted by Crippen LogP contribution is -2.37. The van der Waals surface area contributed by atoms with Gasteiger partial charge in [-0.15, -0.1) is 11.8 Å². The van der Waals surface area contributed by atoms with E-state index in [9.17, 15) is 9.59 Å². The summed E-state index contributed by atoms with van der Waals surface area (Å²) in [4.78, 5) is 24.5. The van der Waals surface area contributed by atoms with E-state index in [2.05, 4.69) is 5.32 Å². The first kappa shape index (κ1) is 13.5. The molecule has 3 atom stereocenters. The maximum absolute atomic E-state index is 12.4. The lowest BCUT2D eigenvalue weighted by molar-refractivity contribution is -0.141. The van der Waals surface area contributed by atoms with Gasteiger partial charge in [-0.3, -0.25) is 9.59 Å². The zero-order chi connectivity index (χ0) is 14.1. The number of carboxylic acids is 1. The Morgan fingerprint density at radius 2 is 2.05 bits per heavy atom. The largest absolute Gasteiger partial charge is 0.481 e. The van der Waals surface area contributed by atoms with Crippen molar-refractivity contribution in [1.29, 1.82) is 0 Å². The second kappa shape index (κ2) is 5.48. The smallest absolute Gasteiger partial charge is 0.306 e. The van der Waals surface area contributed by atoms with E-state index in [1.54, 1.807) is 11.8 Å². The Morgan fingerprint density at radius 3 is 2.80 bits per heavy atom. The van der Waals surface area contributed by atoms with Crippen LogP contribution in [0.3, 0.4) is 0 Å². The van der Waals surface area contributed by atoms with E-state index < -0.39 is 5.97 Å². The van der Waals surface area contributed by atoms with Crippen molar-refractivity contribution in [3.63, 3.8) is 0 Å². The predicted molar refractivity (Wildman–Crippen MR) is 76.8 cm³/mol. The van der Waals surface area contributed by atoms with Crippen LogP contribution in [0.15, 0.2) is 29.2 Å². The topological polar surface area (TPSA) is 66.4 Å². The summed E-state index contributed by atoms with van der Waals surface area (Å²) in [7, 11) is 0. The minimum absolute atomic E-state index is 0.0152. The number of nitrogens with one attached hydrogen (secondary N) is 1. The number of hydrogen-bond donors (Lipinski definition) is 2. The van der Waals surface area contributed by atoms with Gasteiger partial charge in [0.15, 0.2) is 0 Å². The van der Waals surface area contributed by atoms with Crippen LogP contribution in [-0.4, -0.2) is 28.8 Å². The van der Waals surface area contributed by atoms with E-state index in [1.807, 2.05) is 24.3 Å². The molecule has 1 amide bonds. The van der Waals surface area contributed by atoms with Crippen LogP contribution in [0.2, 0.25) is 0 Å². The third-order valence-corrected chi connectivity index (χ3v) is 5.33. The summed E-state index contributed by atoms with van der Waals surface area (Å²) in [6.07, 6.45) is 1.99. The minimum Gasteiger partial charge on any atom is -0.481 e. The molecule has 4 nitrogen and oxygen atoms in total. The van der Waals surface area contributed by atoms with Gasteiger partial charge in [0.2, 0.25) is 5.91 Å². The Balaban J connectivity index is 1.63. The Morgan fingerprint density at radius 1 is 1.25 bits per heavy atom. The zero-order valence-electron chi connectivity index (χ0n) is 11.0. The number of benzene rings is 1. The number of carbonyl (C=O) groups excluding carboxylic acids is 1. The highest BCUT2D eigenvalue weighted by atomic mass is 32.2. The molecular formula is C15H17NO3S. The van der Waals surface area contributed by atoms with Gasteiger partial charge < -0.3 is 10.4 Å². The Kier molecular flexibility index (Phi) is 3.70. The first-order chi connectivity index (χ1) is 9.65. The highest BCUT2D eigenvalue weighted by molar-refractivity contribution is 7.99. The average Bonchev–Trinajstić information content (AvgIpc) is 3.04. The normalized spacial score (nSPS) is 28.1. The van der Waals surface area contributed by atoms with E-state index in [1.165, 1.54) is 4.90 Å². The van der Waals surface area contributed by atoms with Crippen molar-refractivity contribution in [3.05, 3.63) is 29.8 Å². The van der Waals surface area contributed by atoms with Crippen molar-refractivity contribution in [1.82, 2.24) is 5.32 Å². The summed E-state index contributed by atoms with van der Waals surface area (Å²) in [6.45, 7) is 0. The second-order valence-corrected chi connectivity index (χ2v) is 6.52. The molecule has 1 aliphatic carbocycles. The molecule has 5 heteroatoms. The number of carboxylic acid groups (broad SMARTS) is 1. The molecule has 1 aliphatic heterocycles. The summed E-state index contributed by atoms with van der Waals surface area (Å²) in [5, 5.41) is 12.0. The van der Waals surface area contributed by atoms with Gasteiger partial charge in [-0.2, -0.15) is 0 Å². The molecule has 2 N–H and O–H groups in total. The molecular weight excluding hydrogens is 274 g/mol. The SMILES string of the molecule is O=C(N[C@@H]1CC[C@H](C(=O)O)C1)C1CSc2ccccc21. The molecule has 1 heterocycles. The molecule has 0 radical (unpaired) electrons. The molecule has 3 rings (SSSR count). The molecule has 1 unspecified atom stereocenters. The second-order valence-electron chi connectivity index (χ2n) is 5.46. The Labute approximate surface area is 121 Å². The highest BCUT2D eigenvalue weighted by Crippen LogP contribution is 2.39. The fraction of sp³-hybridized carbons (Fsp3) is 0.467. The molecule has 0 saturated heterocycles. The molecule has 1 saturated carbocycles. The summed E-state index contributed by atoms with van der Waals surface area (Å²) in [6, 6.07) is 8.01. The Hall–Kier alpha value is -1.49. The Bertz CT molecular complexity index is 546. The van der Waals surface area contributed by atoms with E-state index in [0.29, 0.717) is 12.8 Å². The van der Waals surface area contributed by atoms with Gasteiger partial charge in [-0.1, -0.05) is 18.2 Å². The van der Waals surface area contributed by atoms with Crippen molar-refractivity contribution in [2.75, 3.05) is 5.75 Å². The molecule has 1 aromatic carbocycles. The summed E-state index contributed by atoms with van der Waals surface area (Å²) in [5.41, 5.74) is 1.10. The van der Waals surface area contributed by atoms with Crippen LogP contribution in [0, 0.1) is 5.92 Å². The summed E-state index contributed by atoms with van der Waals surface area (Å²) >= 11 is 1.71. The number of fused-ring (bicyclic) bond motifs is 1. The third kappa shape index (κ3) is 2.54. The van der Waals surface area contributed by atoms with Crippen molar-refractivity contribution >= 4 is 23.6 Å². The van der Waals surface area contributed by atoms with Gasteiger partial charge in [-0.05, 0) is 30.9 Å². The van der Waals surface area contributed by atoms with Crippen molar-refractivity contribution in [2.45, 2.75) is 36.1 Å². The van der Waals surface area contributed by atoms with Crippen LogP contribution in [0.4, 0.5) is 0 Å². The predicted octanol–water partition coefficient (Wildman–Crippen LogP) is 2.25. The van der Waals surface area contributed by atoms with Crippen LogP contribution in [0.25, 0.3) is 0 Å². The van der Waals surface area contributed by atoms with Gasteiger partial charge in [0, 0.05) is 16.7 Å². The van der Waals surface area contributed by atoms with Crippen LogP contribution >= 0.6 is 11.8 Å². The van der Waals surface area contributed by atoms with Crippen LogP contribution in [-0.2, 0) is 9.59 Å². The number of hydrogen-bond acceptors (Lipinski definition) is 3. The van der Waals surface area contributed by atoms with Gasteiger partial charge >= 0.3 is 5.97 Å². The van der Waals surface area contributed by atoms with Crippen LogP contribution in [0.1, 0.15) is 30.7 Å². The van der Waals surface area contributed by atoms with Crippen molar-refractivity contribution < 1.29 is 14.7 Å². The molecule has 20 heavy (non-hydrogen) atoms. The summed E-state index contributed by atoms with van der Waals surface area (Å²) in [5.74, 6) is -0.326. The highest BCUT2D eigenvalue weighted by Gasteiger charge is 2.34. The van der Waals surface area contributed by atoms with Crippen molar-refractivity contribution in [3.8, 4) is 0 Å². The quantitative estimate of drug-likeness (QED) is 0.896. The van der Waals surface area contributed by atoms with E-state index in [4.69, 9.17) is 5.11 Å². The third-order valence-electron chi connectivity index (χ3n) is 4.14. The number of aliphatic carboxylic acids is 1. The molecule has 106 valence electrons. The molecule has 0 spiro atoms. The van der Waals surface area contributed by atoms with Crippen LogP contribution in [0.5, 0.6) is 0 Å². The van der Waals surface area contributed by atoms with E-state index in [-0.39, 0.29) is 23.8 Å². The molecule has 0 aromatic heterocycles. The van der Waals surface area contributed by atoms with Gasteiger partial charge in [0.1, 0.15) is 0 Å². The standard InChI is InChI=1S/C15H17NO3S/c17-14(16-10-6-5-9(7-10)15(18)19)12-8-20-13-4-2-1-3-11(12)13/h1-4,9-10,12H,5-8H2,(H,16,17)(H,18,19)/t9-,10+,12?/m0/s1. The molecule has 0 bridgehead atoms. The monoisotopic (exact) mass is 291 g/mol. The maximum atomic E-state index is 12.4. The average molecular weight is 291 g/mol. The number of thioether (sulfide) groups is 1. The molecule has 1 fully saturated rings. The number of rotatable bonds is 3. The van der Waals surface area contributed by atoms with E-state index >= 15 is 0 Å². The van der Waals surface area contributed by atoms with E-state index in [0.717, 1.165) is 17.7 Å². The van der Waals surface area contributed by atoms with Crippen LogP contribution < -0.4 is 5.32 Å². The first-order valence-corrected chi connectivity index (χ1v) is 7.88. The lowest BCUT2D eigenvalue weighted by atomic mass is 10.00. The zero-order valence-corrected chi connectivity index (χ0v) is 11.9. The summed E-state index contributed by atoms with van der Waals surface area (Å²) < 4.78 is 0. The molecule has 1 aromatic rings. The lowest BCUT2D eigenvalue weighted by Gasteiger charge is -2.16. The maximum Gasteiger partial charge on any atom is 0.306 e. The fourth-order valence-electron chi connectivity index (χ4n) is 3.02. The number of carbonyl (C=O) groups is 2. The van der Waals surface area contributed by atoms with Gasteiger partial charge in [0.25, 0.3) is 0 Å². The van der Waals surface area contributed by atoms with Crippen molar-refractivity contribution in [2.24, 2.45) is 5.92 Å².